The summed E-state index contributed by atoms with van der Waals surface area (Å²) in [6, 6.07) is 3.49. The Morgan fingerprint density at radius 3 is 3.28 bits per heavy atom. The van der Waals surface area contributed by atoms with Crippen molar-refractivity contribution in [2.45, 2.75) is 32.2 Å². The molecule has 1 aromatic rings. The molecule has 0 spiro atoms. The van der Waals surface area contributed by atoms with Crippen LogP contribution in [0, 0.1) is 0 Å². The Hall–Kier alpha value is -1.78. The van der Waals surface area contributed by atoms with Gasteiger partial charge >= 0.3 is 0 Å². The molecule has 5 nitrogen and oxygen atoms in total. The minimum absolute atomic E-state index is 0.0355. The van der Waals surface area contributed by atoms with Crippen LogP contribution in [0.5, 0.6) is 5.75 Å². The third kappa shape index (κ3) is 3.12. The molecule has 0 bridgehead atoms. The standard InChI is InChI=1S/C13H19N3O2/c1-2-9-18-11-6-4-7-14-12(11)16-10-5-3-8-15-13(10)17/h4,6-7,10H,2-3,5,8-9H2,1H3,(H,14,16)(H,15,17). The molecule has 1 amide bonds. The van der Waals surface area contributed by atoms with E-state index in [1.807, 2.05) is 12.1 Å². The van der Waals surface area contributed by atoms with Gasteiger partial charge in [0.15, 0.2) is 11.6 Å². The van der Waals surface area contributed by atoms with Gasteiger partial charge in [-0.3, -0.25) is 4.79 Å². The monoisotopic (exact) mass is 249 g/mol. The maximum Gasteiger partial charge on any atom is 0.242 e. The van der Waals surface area contributed by atoms with E-state index in [-0.39, 0.29) is 11.9 Å². The van der Waals surface area contributed by atoms with Crippen LogP contribution < -0.4 is 15.4 Å². The Bertz CT molecular complexity index is 409. The molecule has 1 unspecified atom stereocenters. The first-order chi connectivity index (χ1) is 8.81. The van der Waals surface area contributed by atoms with E-state index in [0.29, 0.717) is 18.2 Å². The molecule has 0 aliphatic carbocycles. The van der Waals surface area contributed by atoms with Crippen molar-refractivity contribution in [2.75, 3.05) is 18.5 Å². The largest absolute Gasteiger partial charge is 0.490 e. The van der Waals surface area contributed by atoms with Gasteiger partial charge < -0.3 is 15.4 Å². The number of ether oxygens (including phenoxy) is 1. The zero-order valence-corrected chi connectivity index (χ0v) is 10.6. The summed E-state index contributed by atoms with van der Waals surface area (Å²) in [7, 11) is 0. The fourth-order valence-electron chi connectivity index (χ4n) is 1.90. The lowest BCUT2D eigenvalue weighted by Gasteiger charge is -2.24. The van der Waals surface area contributed by atoms with Crippen LogP contribution in [0.2, 0.25) is 0 Å². The van der Waals surface area contributed by atoms with E-state index in [0.717, 1.165) is 25.8 Å². The fourth-order valence-corrected chi connectivity index (χ4v) is 1.90. The normalized spacial score (nSPS) is 19.2. The lowest BCUT2D eigenvalue weighted by atomic mass is 10.1. The van der Waals surface area contributed by atoms with Gasteiger partial charge in [0.05, 0.1) is 6.61 Å². The summed E-state index contributed by atoms with van der Waals surface area (Å²) in [5.41, 5.74) is 0. The van der Waals surface area contributed by atoms with Crippen molar-refractivity contribution in [3.8, 4) is 5.75 Å². The van der Waals surface area contributed by atoms with E-state index in [4.69, 9.17) is 4.74 Å². The lowest BCUT2D eigenvalue weighted by molar-refractivity contribution is -0.123. The molecule has 2 N–H and O–H groups in total. The van der Waals surface area contributed by atoms with Crippen molar-refractivity contribution in [2.24, 2.45) is 0 Å². The average Bonchev–Trinajstić information content (AvgIpc) is 2.40. The first-order valence-corrected chi connectivity index (χ1v) is 6.43. The van der Waals surface area contributed by atoms with Crippen LogP contribution in [0.15, 0.2) is 18.3 Å². The first-order valence-electron chi connectivity index (χ1n) is 6.43. The number of hydrogen-bond acceptors (Lipinski definition) is 4. The molecular weight excluding hydrogens is 230 g/mol. The number of aromatic nitrogens is 1. The summed E-state index contributed by atoms with van der Waals surface area (Å²) in [5, 5.41) is 6.00. The summed E-state index contributed by atoms with van der Waals surface area (Å²) in [4.78, 5) is 15.9. The van der Waals surface area contributed by atoms with Crippen LogP contribution in [0.3, 0.4) is 0 Å². The molecule has 2 rings (SSSR count). The van der Waals surface area contributed by atoms with Crippen molar-refractivity contribution in [3.05, 3.63) is 18.3 Å². The second-order valence-electron chi connectivity index (χ2n) is 4.33. The number of carbonyl (C=O) groups excluding carboxylic acids is 1. The molecule has 0 saturated carbocycles. The summed E-state index contributed by atoms with van der Waals surface area (Å²) in [6.07, 6.45) is 4.46. The van der Waals surface area contributed by atoms with E-state index < -0.39 is 0 Å². The number of hydrogen-bond donors (Lipinski definition) is 2. The van der Waals surface area contributed by atoms with Crippen molar-refractivity contribution >= 4 is 11.7 Å². The quantitative estimate of drug-likeness (QED) is 0.831. The number of amides is 1. The molecule has 1 aliphatic heterocycles. The van der Waals surface area contributed by atoms with Crippen LogP contribution >= 0.6 is 0 Å². The van der Waals surface area contributed by atoms with Gasteiger partial charge in [-0.25, -0.2) is 4.98 Å². The van der Waals surface area contributed by atoms with Crippen molar-refractivity contribution in [1.29, 1.82) is 0 Å². The van der Waals surface area contributed by atoms with Crippen LogP contribution in [-0.2, 0) is 4.79 Å². The van der Waals surface area contributed by atoms with Gasteiger partial charge in [-0.05, 0) is 31.4 Å². The average molecular weight is 249 g/mol. The molecule has 1 atom stereocenters. The molecule has 0 aromatic carbocycles. The summed E-state index contributed by atoms with van der Waals surface area (Å²) < 4.78 is 5.61. The van der Waals surface area contributed by atoms with Gasteiger partial charge in [-0.1, -0.05) is 6.92 Å². The van der Waals surface area contributed by atoms with Gasteiger partial charge in [-0.2, -0.15) is 0 Å². The molecule has 1 aromatic heterocycles. The highest BCUT2D eigenvalue weighted by Crippen LogP contribution is 2.23. The third-order valence-electron chi connectivity index (χ3n) is 2.83. The minimum Gasteiger partial charge on any atom is -0.490 e. The number of rotatable bonds is 5. The molecule has 18 heavy (non-hydrogen) atoms. The van der Waals surface area contributed by atoms with Gasteiger partial charge in [0.25, 0.3) is 0 Å². The number of nitrogens with zero attached hydrogens (tertiary/aromatic N) is 1. The predicted octanol–water partition coefficient (Wildman–Crippen LogP) is 1.56. The highest BCUT2D eigenvalue weighted by molar-refractivity contribution is 5.85. The Kier molecular flexibility index (Phi) is 4.39. The first kappa shape index (κ1) is 12.7. The maximum atomic E-state index is 11.7. The number of piperidine rings is 1. The number of nitrogens with one attached hydrogen (secondary N) is 2. The summed E-state index contributed by atoms with van der Waals surface area (Å²) in [5.74, 6) is 1.39. The highest BCUT2D eigenvalue weighted by atomic mass is 16.5. The maximum absolute atomic E-state index is 11.7. The van der Waals surface area contributed by atoms with Crippen molar-refractivity contribution < 1.29 is 9.53 Å². The number of carbonyl (C=O) groups is 1. The Morgan fingerprint density at radius 1 is 1.61 bits per heavy atom. The Labute approximate surface area is 107 Å². The summed E-state index contributed by atoms with van der Waals surface area (Å²) in [6.45, 7) is 3.47. The molecule has 5 heteroatoms. The lowest BCUT2D eigenvalue weighted by Crippen LogP contribution is -2.44. The Morgan fingerprint density at radius 2 is 2.50 bits per heavy atom. The molecule has 1 fully saturated rings. The van der Waals surface area contributed by atoms with Crippen molar-refractivity contribution in [1.82, 2.24) is 10.3 Å². The molecule has 1 aliphatic rings. The highest BCUT2D eigenvalue weighted by Gasteiger charge is 2.23. The molecule has 0 radical (unpaired) electrons. The van der Waals surface area contributed by atoms with Crippen LogP contribution in [0.25, 0.3) is 0 Å². The van der Waals surface area contributed by atoms with Crippen LogP contribution in [0.4, 0.5) is 5.82 Å². The van der Waals surface area contributed by atoms with E-state index in [2.05, 4.69) is 22.5 Å². The zero-order valence-electron chi connectivity index (χ0n) is 10.6. The van der Waals surface area contributed by atoms with Gasteiger partial charge in [0, 0.05) is 12.7 Å². The molecule has 1 saturated heterocycles. The van der Waals surface area contributed by atoms with Crippen LogP contribution in [0.1, 0.15) is 26.2 Å². The predicted molar refractivity (Wildman–Crippen MR) is 69.7 cm³/mol. The SMILES string of the molecule is CCCOc1cccnc1NC1CCCNC1=O. The topological polar surface area (TPSA) is 63.2 Å². The van der Waals surface area contributed by atoms with E-state index in [1.54, 1.807) is 6.20 Å². The number of pyridine rings is 1. The molecule has 2 heterocycles. The molecular formula is C13H19N3O2. The van der Waals surface area contributed by atoms with E-state index >= 15 is 0 Å². The fraction of sp³-hybridized carbons (Fsp3) is 0.538. The van der Waals surface area contributed by atoms with Crippen LogP contribution in [-0.4, -0.2) is 30.1 Å². The Balaban J connectivity index is 2.05. The van der Waals surface area contributed by atoms with E-state index in [1.165, 1.54) is 0 Å². The van der Waals surface area contributed by atoms with Crippen molar-refractivity contribution in [3.63, 3.8) is 0 Å². The van der Waals surface area contributed by atoms with E-state index in [9.17, 15) is 4.79 Å². The van der Waals surface area contributed by atoms with Gasteiger partial charge in [0.2, 0.25) is 5.91 Å². The number of anilines is 1. The second kappa shape index (κ2) is 6.23. The smallest absolute Gasteiger partial charge is 0.242 e. The minimum atomic E-state index is -0.211. The second-order valence-corrected chi connectivity index (χ2v) is 4.33. The summed E-state index contributed by atoms with van der Waals surface area (Å²) >= 11 is 0. The van der Waals surface area contributed by atoms with Gasteiger partial charge in [0.1, 0.15) is 6.04 Å². The zero-order chi connectivity index (χ0) is 12.8. The molecule has 98 valence electrons. The third-order valence-corrected chi connectivity index (χ3v) is 2.83. The van der Waals surface area contributed by atoms with Gasteiger partial charge in [-0.15, -0.1) is 0 Å².